The maximum absolute atomic E-state index is 13.2. The molecule has 0 saturated carbocycles. The number of hydrogen-bond donors (Lipinski definition) is 0. The minimum absolute atomic E-state index is 0.162. The number of carbonyl (C=O) groups is 1. The molecule has 1 aromatic heterocycles. The smallest absolute Gasteiger partial charge is 0.258 e. The van der Waals surface area contributed by atoms with Gasteiger partial charge in [0.05, 0.1) is 17.7 Å². The van der Waals surface area contributed by atoms with Crippen molar-refractivity contribution in [2.45, 2.75) is 25.3 Å². The molecule has 5 nitrogen and oxygen atoms in total. The van der Waals surface area contributed by atoms with Crippen LogP contribution in [0.3, 0.4) is 0 Å². The van der Waals surface area contributed by atoms with Gasteiger partial charge in [0.25, 0.3) is 5.91 Å². The molecule has 140 valence electrons. The van der Waals surface area contributed by atoms with Crippen LogP contribution in [0.4, 0.5) is 5.69 Å². The largest absolute Gasteiger partial charge is 0.467 e. The van der Waals surface area contributed by atoms with Gasteiger partial charge < -0.3 is 9.32 Å². The minimum atomic E-state index is -3.42. The normalized spacial score (nSPS) is 11.4. The zero-order valence-corrected chi connectivity index (χ0v) is 16.3. The molecule has 3 rings (SSSR count). The number of rotatable bonds is 5. The van der Waals surface area contributed by atoms with Crippen LogP contribution in [0.2, 0.25) is 0 Å². The Kier molecular flexibility index (Phi) is 5.19. The van der Waals surface area contributed by atoms with Gasteiger partial charge in [0, 0.05) is 17.5 Å². The van der Waals surface area contributed by atoms with Gasteiger partial charge in [-0.15, -0.1) is 0 Å². The zero-order chi connectivity index (χ0) is 19.6. The zero-order valence-electron chi connectivity index (χ0n) is 15.5. The van der Waals surface area contributed by atoms with Crippen LogP contribution in [0.5, 0.6) is 0 Å². The highest BCUT2D eigenvalue weighted by molar-refractivity contribution is 7.90. The van der Waals surface area contributed by atoms with E-state index in [0.717, 1.165) is 11.8 Å². The third-order valence-corrected chi connectivity index (χ3v) is 5.56. The number of anilines is 1. The molecule has 3 aromatic rings. The Hall–Kier alpha value is -2.86. The highest BCUT2D eigenvalue weighted by atomic mass is 32.2. The van der Waals surface area contributed by atoms with Gasteiger partial charge in [-0.2, -0.15) is 0 Å². The van der Waals surface area contributed by atoms with Crippen LogP contribution < -0.4 is 4.90 Å². The second-order valence-electron chi connectivity index (χ2n) is 6.56. The van der Waals surface area contributed by atoms with Crippen LogP contribution in [-0.4, -0.2) is 20.6 Å². The van der Waals surface area contributed by atoms with E-state index in [0.29, 0.717) is 22.6 Å². The van der Waals surface area contributed by atoms with Gasteiger partial charge in [0.15, 0.2) is 9.84 Å². The van der Waals surface area contributed by atoms with Gasteiger partial charge in [-0.3, -0.25) is 4.79 Å². The Morgan fingerprint density at radius 3 is 2.33 bits per heavy atom. The number of benzene rings is 2. The molecule has 0 aliphatic heterocycles. The van der Waals surface area contributed by atoms with Gasteiger partial charge in [-0.05, 0) is 55.8 Å². The summed E-state index contributed by atoms with van der Waals surface area (Å²) in [5.41, 5.74) is 2.72. The van der Waals surface area contributed by atoms with E-state index in [9.17, 15) is 13.2 Å². The number of amides is 1. The van der Waals surface area contributed by atoms with Crippen LogP contribution in [0.25, 0.3) is 0 Å². The Bertz CT molecular complexity index is 1050. The first-order chi connectivity index (χ1) is 12.8. The predicted molar refractivity (Wildman–Crippen MR) is 105 cm³/mol. The van der Waals surface area contributed by atoms with Crippen molar-refractivity contribution in [3.05, 3.63) is 83.3 Å². The lowest BCUT2D eigenvalue weighted by atomic mass is 10.1. The van der Waals surface area contributed by atoms with E-state index in [1.54, 1.807) is 42.4 Å². The van der Waals surface area contributed by atoms with Crippen molar-refractivity contribution in [3.63, 3.8) is 0 Å². The number of sulfone groups is 1. The summed E-state index contributed by atoms with van der Waals surface area (Å²) in [6, 6.07) is 15.9. The van der Waals surface area contributed by atoms with Crippen molar-refractivity contribution in [2.75, 3.05) is 11.2 Å². The van der Waals surface area contributed by atoms with E-state index in [2.05, 4.69) is 0 Å². The maximum atomic E-state index is 13.2. The quantitative estimate of drug-likeness (QED) is 0.664. The van der Waals surface area contributed by atoms with Gasteiger partial charge in [0.2, 0.25) is 0 Å². The van der Waals surface area contributed by atoms with Gasteiger partial charge in [-0.25, -0.2) is 8.42 Å². The molecule has 1 heterocycles. The molecule has 1 amide bonds. The molecular weight excluding hydrogens is 362 g/mol. The average molecular weight is 383 g/mol. The lowest BCUT2D eigenvalue weighted by Crippen LogP contribution is -2.30. The molecule has 0 aliphatic rings. The highest BCUT2D eigenvalue weighted by Gasteiger charge is 2.22. The van der Waals surface area contributed by atoms with Crippen LogP contribution >= 0.6 is 0 Å². The molecule has 0 aliphatic carbocycles. The molecule has 0 saturated heterocycles. The van der Waals surface area contributed by atoms with E-state index < -0.39 is 9.84 Å². The van der Waals surface area contributed by atoms with E-state index in [-0.39, 0.29) is 17.3 Å². The summed E-state index contributed by atoms with van der Waals surface area (Å²) in [6.07, 6.45) is 2.70. The van der Waals surface area contributed by atoms with Crippen LogP contribution in [0, 0.1) is 13.8 Å². The summed E-state index contributed by atoms with van der Waals surface area (Å²) in [4.78, 5) is 15.0. The monoisotopic (exact) mass is 383 g/mol. The number of carbonyl (C=O) groups excluding carboxylic acids is 1. The van der Waals surface area contributed by atoms with Crippen molar-refractivity contribution >= 4 is 21.4 Å². The van der Waals surface area contributed by atoms with Gasteiger partial charge in [0.1, 0.15) is 5.76 Å². The molecule has 0 spiro atoms. The summed E-state index contributed by atoms with van der Waals surface area (Å²) in [5, 5.41) is 0. The second-order valence-corrected chi connectivity index (χ2v) is 8.54. The lowest BCUT2D eigenvalue weighted by molar-refractivity contribution is 0.0983. The number of furan rings is 1. The lowest BCUT2D eigenvalue weighted by Gasteiger charge is -2.22. The summed E-state index contributed by atoms with van der Waals surface area (Å²) < 4.78 is 29.4. The fourth-order valence-electron chi connectivity index (χ4n) is 2.85. The summed E-state index contributed by atoms with van der Waals surface area (Å²) >= 11 is 0. The van der Waals surface area contributed by atoms with Crippen molar-refractivity contribution in [3.8, 4) is 0 Å². The van der Waals surface area contributed by atoms with E-state index in [1.165, 1.54) is 6.07 Å². The Morgan fingerprint density at radius 2 is 1.74 bits per heavy atom. The van der Waals surface area contributed by atoms with Gasteiger partial charge in [-0.1, -0.05) is 23.8 Å². The molecule has 0 radical (unpaired) electrons. The second kappa shape index (κ2) is 7.40. The Balaban J connectivity index is 2.04. The molecule has 6 heteroatoms. The summed E-state index contributed by atoms with van der Waals surface area (Å²) in [5.74, 6) is 0.347. The molecule has 27 heavy (non-hydrogen) atoms. The fraction of sp³-hybridized carbons (Fsp3) is 0.190. The van der Waals surface area contributed by atoms with E-state index in [1.807, 2.05) is 31.2 Å². The SMILES string of the molecule is Cc1ccc(N(Cc2ccco2)C(=O)c2ccc(C)c(S(C)(=O)=O)c2)cc1. The molecule has 0 unspecified atom stereocenters. The van der Waals surface area contributed by atoms with Gasteiger partial charge >= 0.3 is 0 Å². The third-order valence-electron chi connectivity index (χ3n) is 4.32. The fourth-order valence-corrected chi connectivity index (χ4v) is 3.85. The van der Waals surface area contributed by atoms with Crippen molar-refractivity contribution < 1.29 is 17.6 Å². The van der Waals surface area contributed by atoms with E-state index in [4.69, 9.17) is 4.42 Å². The average Bonchev–Trinajstić information content (AvgIpc) is 3.13. The summed E-state index contributed by atoms with van der Waals surface area (Å²) in [7, 11) is -3.42. The number of aryl methyl sites for hydroxylation is 2. The summed E-state index contributed by atoms with van der Waals surface area (Å²) in [6.45, 7) is 3.93. The topological polar surface area (TPSA) is 67.6 Å². The number of hydrogen-bond acceptors (Lipinski definition) is 4. The Labute approximate surface area is 159 Å². The number of nitrogens with zero attached hydrogens (tertiary/aromatic N) is 1. The minimum Gasteiger partial charge on any atom is -0.467 e. The maximum Gasteiger partial charge on any atom is 0.258 e. The first kappa shape index (κ1) is 18.9. The van der Waals surface area contributed by atoms with Crippen LogP contribution in [0.1, 0.15) is 27.2 Å². The van der Waals surface area contributed by atoms with Crippen LogP contribution in [-0.2, 0) is 16.4 Å². The van der Waals surface area contributed by atoms with Crippen LogP contribution in [0.15, 0.2) is 70.2 Å². The van der Waals surface area contributed by atoms with Crippen molar-refractivity contribution in [1.82, 2.24) is 0 Å². The van der Waals surface area contributed by atoms with E-state index >= 15 is 0 Å². The molecule has 0 atom stereocenters. The van der Waals surface area contributed by atoms with Crippen molar-refractivity contribution in [1.29, 1.82) is 0 Å². The predicted octanol–water partition coefficient (Wildman–Crippen LogP) is 4.15. The first-order valence-electron chi connectivity index (χ1n) is 8.47. The molecule has 0 fully saturated rings. The standard InChI is InChI=1S/C21H21NO4S/c1-15-6-10-18(11-7-15)22(14-19-5-4-12-26-19)21(23)17-9-8-16(2)20(13-17)27(3,24)25/h4-13H,14H2,1-3H3. The molecular formula is C21H21NO4S. The third kappa shape index (κ3) is 4.28. The molecule has 0 N–H and O–H groups in total. The Morgan fingerprint density at radius 1 is 1.04 bits per heavy atom. The van der Waals surface area contributed by atoms with Crippen molar-refractivity contribution in [2.24, 2.45) is 0 Å². The molecule has 0 bridgehead atoms. The molecule has 2 aromatic carbocycles. The highest BCUT2D eigenvalue weighted by Crippen LogP contribution is 2.23. The first-order valence-corrected chi connectivity index (χ1v) is 10.4.